The number of carboxylic acids is 1. The molecule has 0 aliphatic heterocycles. The van der Waals surface area contributed by atoms with Crippen molar-refractivity contribution < 1.29 is 14.7 Å². The van der Waals surface area contributed by atoms with Gasteiger partial charge in [0.05, 0.1) is 11.8 Å². The Hall–Kier alpha value is -1.10. The largest absolute Gasteiger partial charge is 0.481 e. The van der Waals surface area contributed by atoms with E-state index in [1.54, 1.807) is 0 Å². The summed E-state index contributed by atoms with van der Waals surface area (Å²) in [5.74, 6) is -1.78. The number of rotatable bonds is 6. The average Bonchev–Trinajstić information content (AvgIpc) is 2.36. The highest BCUT2D eigenvalue weighted by Gasteiger charge is 2.35. The van der Waals surface area contributed by atoms with Crippen molar-refractivity contribution >= 4 is 11.9 Å². The molecule has 1 aliphatic carbocycles. The molecule has 1 saturated carbocycles. The molecule has 5 nitrogen and oxygen atoms in total. The van der Waals surface area contributed by atoms with Crippen molar-refractivity contribution in [2.24, 2.45) is 11.8 Å². The second-order valence-electron chi connectivity index (χ2n) is 5.84. The number of amides is 1. The third-order valence-electron chi connectivity index (χ3n) is 3.82. The van der Waals surface area contributed by atoms with Crippen molar-refractivity contribution in [2.45, 2.75) is 45.1 Å². The van der Waals surface area contributed by atoms with Crippen LogP contribution in [0.1, 0.15) is 39.0 Å². The lowest BCUT2D eigenvalue weighted by molar-refractivity contribution is -0.149. The first-order chi connectivity index (χ1) is 8.91. The van der Waals surface area contributed by atoms with Gasteiger partial charge in [0, 0.05) is 6.04 Å². The number of aliphatic carboxylic acids is 1. The lowest BCUT2D eigenvalue weighted by Crippen LogP contribution is -2.43. The summed E-state index contributed by atoms with van der Waals surface area (Å²) in [6.45, 7) is 2.88. The fourth-order valence-electron chi connectivity index (χ4n) is 2.61. The van der Waals surface area contributed by atoms with Gasteiger partial charge in [-0.2, -0.15) is 0 Å². The first-order valence-corrected chi connectivity index (χ1v) is 7.09. The van der Waals surface area contributed by atoms with Crippen molar-refractivity contribution in [3.05, 3.63) is 0 Å². The van der Waals surface area contributed by atoms with E-state index >= 15 is 0 Å². The maximum atomic E-state index is 12.2. The van der Waals surface area contributed by atoms with Crippen LogP contribution in [0.4, 0.5) is 0 Å². The molecule has 1 unspecified atom stereocenters. The molecule has 0 heterocycles. The highest BCUT2D eigenvalue weighted by atomic mass is 16.4. The van der Waals surface area contributed by atoms with E-state index in [0.29, 0.717) is 12.8 Å². The molecule has 1 fully saturated rings. The molecule has 19 heavy (non-hydrogen) atoms. The molecule has 1 rings (SSSR count). The van der Waals surface area contributed by atoms with Crippen molar-refractivity contribution in [2.75, 3.05) is 20.6 Å². The molecule has 0 aromatic rings. The molecule has 110 valence electrons. The third-order valence-corrected chi connectivity index (χ3v) is 3.82. The topological polar surface area (TPSA) is 69.6 Å². The van der Waals surface area contributed by atoms with Gasteiger partial charge in [-0.15, -0.1) is 0 Å². The Morgan fingerprint density at radius 3 is 2.37 bits per heavy atom. The van der Waals surface area contributed by atoms with Crippen LogP contribution in [0.25, 0.3) is 0 Å². The van der Waals surface area contributed by atoms with Crippen molar-refractivity contribution in [1.29, 1.82) is 0 Å². The maximum absolute atomic E-state index is 12.2. The summed E-state index contributed by atoms with van der Waals surface area (Å²) in [6, 6.07) is 0.0891. The van der Waals surface area contributed by atoms with E-state index in [-0.39, 0.29) is 17.9 Å². The van der Waals surface area contributed by atoms with Crippen LogP contribution in [0, 0.1) is 11.8 Å². The Balaban J connectivity index is 2.48. The van der Waals surface area contributed by atoms with E-state index in [4.69, 9.17) is 0 Å². The van der Waals surface area contributed by atoms with Crippen LogP contribution in [0.15, 0.2) is 0 Å². The van der Waals surface area contributed by atoms with Crippen molar-refractivity contribution in [3.8, 4) is 0 Å². The van der Waals surface area contributed by atoms with Gasteiger partial charge in [0.2, 0.25) is 5.91 Å². The van der Waals surface area contributed by atoms with Gasteiger partial charge < -0.3 is 15.3 Å². The molecule has 0 spiro atoms. The quantitative estimate of drug-likeness (QED) is 0.764. The monoisotopic (exact) mass is 270 g/mol. The minimum atomic E-state index is -0.833. The number of nitrogens with zero attached hydrogens (tertiary/aromatic N) is 1. The SMILES string of the molecule is CC(CCN(C)C)NC(=O)[C@@H]1CCCC[C@@H]1C(=O)O. The molecule has 2 N–H and O–H groups in total. The summed E-state index contributed by atoms with van der Waals surface area (Å²) in [5.41, 5.74) is 0. The van der Waals surface area contributed by atoms with E-state index in [1.165, 1.54) is 0 Å². The number of carbonyl (C=O) groups excluding carboxylic acids is 1. The molecule has 0 saturated heterocycles. The summed E-state index contributed by atoms with van der Waals surface area (Å²) < 4.78 is 0. The fraction of sp³-hybridized carbons (Fsp3) is 0.857. The van der Waals surface area contributed by atoms with E-state index in [9.17, 15) is 14.7 Å². The van der Waals surface area contributed by atoms with Crippen LogP contribution in [-0.4, -0.2) is 48.6 Å². The summed E-state index contributed by atoms with van der Waals surface area (Å²) >= 11 is 0. The smallest absolute Gasteiger partial charge is 0.307 e. The minimum Gasteiger partial charge on any atom is -0.481 e. The van der Waals surface area contributed by atoms with Crippen molar-refractivity contribution in [1.82, 2.24) is 10.2 Å². The highest BCUT2D eigenvalue weighted by molar-refractivity contribution is 5.85. The Bertz CT molecular complexity index is 318. The Labute approximate surface area is 115 Å². The van der Waals surface area contributed by atoms with E-state index < -0.39 is 11.9 Å². The molecule has 5 heteroatoms. The second-order valence-corrected chi connectivity index (χ2v) is 5.84. The summed E-state index contributed by atoms with van der Waals surface area (Å²) in [4.78, 5) is 25.4. The second kappa shape index (κ2) is 7.48. The van der Waals surface area contributed by atoms with Gasteiger partial charge in [0.15, 0.2) is 0 Å². The van der Waals surface area contributed by atoms with Gasteiger partial charge in [-0.25, -0.2) is 0 Å². The van der Waals surface area contributed by atoms with Gasteiger partial charge >= 0.3 is 5.97 Å². The zero-order valence-corrected chi connectivity index (χ0v) is 12.2. The Kier molecular flexibility index (Phi) is 6.28. The average molecular weight is 270 g/mol. The van der Waals surface area contributed by atoms with Crippen LogP contribution in [0.2, 0.25) is 0 Å². The number of hydrogen-bond donors (Lipinski definition) is 2. The normalized spacial score (nSPS) is 25.1. The molecule has 0 aromatic carbocycles. The van der Waals surface area contributed by atoms with Gasteiger partial charge in [-0.05, 0) is 46.8 Å². The first kappa shape index (κ1) is 16.0. The third kappa shape index (κ3) is 5.19. The number of nitrogens with one attached hydrogen (secondary N) is 1. The molecular weight excluding hydrogens is 244 g/mol. The summed E-state index contributed by atoms with van der Waals surface area (Å²) in [5, 5.41) is 12.1. The Morgan fingerprint density at radius 1 is 1.26 bits per heavy atom. The Morgan fingerprint density at radius 2 is 1.84 bits per heavy atom. The van der Waals surface area contributed by atoms with Crippen LogP contribution in [-0.2, 0) is 9.59 Å². The molecule has 3 atom stereocenters. The predicted molar refractivity (Wildman–Crippen MR) is 73.9 cm³/mol. The van der Waals surface area contributed by atoms with Gasteiger partial charge in [-0.3, -0.25) is 9.59 Å². The van der Waals surface area contributed by atoms with Crippen LogP contribution >= 0.6 is 0 Å². The molecule has 1 aliphatic rings. The zero-order valence-electron chi connectivity index (χ0n) is 12.2. The summed E-state index contributed by atoms with van der Waals surface area (Å²) in [7, 11) is 3.99. The van der Waals surface area contributed by atoms with Crippen LogP contribution in [0.3, 0.4) is 0 Å². The number of hydrogen-bond acceptors (Lipinski definition) is 3. The zero-order chi connectivity index (χ0) is 14.4. The lowest BCUT2D eigenvalue weighted by Gasteiger charge is -2.29. The molecule has 0 bridgehead atoms. The van der Waals surface area contributed by atoms with Crippen LogP contribution in [0.5, 0.6) is 0 Å². The van der Waals surface area contributed by atoms with Crippen LogP contribution < -0.4 is 5.32 Å². The number of carboxylic acid groups (broad SMARTS) is 1. The maximum Gasteiger partial charge on any atom is 0.307 e. The number of carbonyl (C=O) groups is 2. The molecule has 0 radical (unpaired) electrons. The van der Waals surface area contributed by atoms with Gasteiger partial charge in [0.1, 0.15) is 0 Å². The highest BCUT2D eigenvalue weighted by Crippen LogP contribution is 2.30. The molecule has 0 aromatic heterocycles. The molecule has 1 amide bonds. The minimum absolute atomic E-state index is 0.0849. The van der Waals surface area contributed by atoms with E-state index in [2.05, 4.69) is 10.2 Å². The predicted octanol–water partition coefficient (Wildman–Crippen LogP) is 1.33. The van der Waals surface area contributed by atoms with E-state index in [1.807, 2.05) is 21.0 Å². The molecular formula is C14H26N2O3. The van der Waals surface area contributed by atoms with Crippen molar-refractivity contribution in [3.63, 3.8) is 0 Å². The van der Waals surface area contributed by atoms with Gasteiger partial charge in [-0.1, -0.05) is 12.8 Å². The lowest BCUT2D eigenvalue weighted by atomic mass is 9.78. The summed E-state index contributed by atoms with van der Waals surface area (Å²) in [6.07, 6.45) is 4.07. The first-order valence-electron chi connectivity index (χ1n) is 7.09. The standard InChI is InChI=1S/C14H26N2O3/c1-10(8-9-16(2)3)15-13(17)11-6-4-5-7-12(11)14(18)19/h10-12H,4-9H2,1-3H3,(H,15,17)(H,18,19)/t10?,11-,12+/m1/s1. The van der Waals surface area contributed by atoms with Gasteiger partial charge in [0.25, 0.3) is 0 Å². The fourth-order valence-corrected chi connectivity index (χ4v) is 2.61. The van der Waals surface area contributed by atoms with E-state index in [0.717, 1.165) is 25.8 Å².